The Labute approximate surface area is 578 Å². The Hall–Kier alpha value is -2.29. The molecule has 0 heterocycles. The second-order valence-electron chi connectivity index (χ2n) is 27.6. The summed E-state index contributed by atoms with van der Waals surface area (Å²) in [6, 6.07) is 0. The Kier molecular flexibility index (Phi) is 76.8. The molecule has 0 rings (SSSR count). The second kappa shape index (κ2) is 78.7. The van der Waals surface area contributed by atoms with Crippen LogP contribution in [-0.4, -0.2) is 49.3 Å². The van der Waals surface area contributed by atoms with Gasteiger partial charge in [0.15, 0.2) is 6.10 Å². The smallest absolute Gasteiger partial charge is 0.462 e. The number of allylic oxidation sites excluding steroid dienone is 10. The van der Waals surface area contributed by atoms with E-state index < -0.39 is 26.5 Å². The van der Waals surface area contributed by atoms with Crippen molar-refractivity contribution in [3.8, 4) is 0 Å². The van der Waals surface area contributed by atoms with Crippen LogP contribution in [-0.2, 0) is 32.7 Å². The van der Waals surface area contributed by atoms with Crippen molar-refractivity contribution in [3.05, 3.63) is 60.8 Å². The highest BCUT2D eigenvalue weighted by Crippen LogP contribution is 2.43. The Morgan fingerprint density at radius 3 is 0.882 bits per heavy atom. The fourth-order valence-electron chi connectivity index (χ4n) is 12.4. The lowest BCUT2D eigenvalue weighted by atomic mass is 10.0. The molecule has 0 spiro atoms. The molecule has 2 unspecified atom stereocenters. The highest BCUT2D eigenvalue weighted by Gasteiger charge is 2.26. The maximum absolute atomic E-state index is 12.8. The van der Waals surface area contributed by atoms with Crippen molar-refractivity contribution in [3.63, 3.8) is 0 Å². The highest BCUT2D eigenvalue weighted by atomic mass is 31.2. The molecule has 0 bridgehead atoms. The molecule has 0 aliphatic carbocycles. The van der Waals surface area contributed by atoms with Crippen LogP contribution in [0.2, 0.25) is 0 Å². The van der Waals surface area contributed by atoms with Crippen LogP contribution in [0.15, 0.2) is 60.8 Å². The first kappa shape index (κ1) is 90.7. The molecule has 0 aromatic rings. The van der Waals surface area contributed by atoms with Crippen molar-refractivity contribution in [2.24, 2.45) is 5.73 Å². The largest absolute Gasteiger partial charge is 0.472 e. The minimum Gasteiger partial charge on any atom is -0.462 e. The SMILES string of the molecule is CC/C=C\C/C=C\C/C=C\C/C=C\C/C=C\CCCCCCCCCCCCCCCCCCCCCCCC(=O)OC(COC(=O)CCCCCCCCCCCCCCCCCCCCCCCCCCCCCCCCCCCCC)COP(=O)(O)OCCN. The molecule has 0 saturated carbocycles. The Balaban J connectivity index is 3.75. The van der Waals surface area contributed by atoms with Crippen LogP contribution in [0.1, 0.15) is 425 Å². The van der Waals surface area contributed by atoms with Crippen LogP contribution >= 0.6 is 7.82 Å². The number of ether oxygens (including phenoxy) is 2. The Morgan fingerprint density at radius 1 is 0.333 bits per heavy atom. The zero-order valence-electron chi connectivity index (χ0n) is 61.8. The zero-order valence-corrected chi connectivity index (χ0v) is 62.7. The Morgan fingerprint density at radius 2 is 0.591 bits per heavy atom. The molecule has 0 aromatic carbocycles. The number of carbonyl (C=O) groups is 2. The van der Waals surface area contributed by atoms with Gasteiger partial charge in [-0.05, 0) is 57.8 Å². The maximum Gasteiger partial charge on any atom is 0.472 e. The molecule has 0 aromatic heterocycles. The molecule has 0 amide bonds. The minimum absolute atomic E-state index is 0.0557. The molecular weight excluding hydrogens is 1170 g/mol. The van der Waals surface area contributed by atoms with Crippen molar-refractivity contribution in [2.45, 2.75) is 431 Å². The number of esters is 2. The predicted octanol–water partition coefficient (Wildman–Crippen LogP) is 27.3. The molecule has 9 nitrogen and oxygen atoms in total. The summed E-state index contributed by atoms with van der Waals surface area (Å²) in [5, 5.41) is 0. The molecule has 2 atom stereocenters. The van der Waals surface area contributed by atoms with Crippen LogP contribution in [0.25, 0.3) is 0 Å². The summed E-state index contributed by atoms with van der Waals surface area (Å²) in [7, 11) is -4.40. The fourth-order valence-corrected chi connectivity index (χ4v) is 13.2. The summed E-state index contributed by atoms with van der Waals surface area (Å²) >= 11 is 0. The van der Waals surface area contributed by atoms with Gasteiger partial charge in [0.05, 0.1) is 13.2 Å². The normalized spacial score (nSPS) is 13.1. The van der Waals surface area contributed by atoms with Crippen molar-refractivity contribution >= 4 is 19.8 Å². The van der Waals surface area contributed by atoms with Gasteiger partial charge in [0.2, 0.25) is 0 Å². The third-order valence-corrected chi connectivity index (χ3v) is 19.4. The molecule has 0 saturated heterocycles. The van der Waals surface area contributed by atoms with Gasteiger partial charge in [0, 0.05) is 19.4 Å². The van der Waals surface area contributed by atoms with Gasteiger partial charge in [0.1, 0.15) is 6.61 Å². The van der Waals surface area contributed by atoms with E-state index in [2.05, 4.69) is 74.6 Å². The quantitative estimate of drug-likeness (QED) is 0.0264. The van der Waals surface area contributed by atoms with Gasteiger partial charge >= 0.3 is 19.8 Å². The van der Waals surface area contributed by atoms with E-state index in [0.29, 0.717) is 6.42 Å². The topological polar surface area (TPSA) is 134 Å². The molecule has 93 heavy (non-hydrogen) atoms. The average Bonchev–Trinajstić information content (AvgIpc) is 3.04. The lowest BCUT2D eigenvalue weighted by molar-refractivity contribution is -0.161. The lowest BCUT2D eigenvalue weighted by Gasteiger charge is -2.19. The molecule has 0 aliphatic rings. The number of phosphoric acid groups is 1. The number of carbonyl (C=O) groups excluding carboxylic acids is 2. The van der Waals surface area contributed by atoms with Crippen molar-refractivity contribution in [1.82, 2.24) is 0 Å². The van der Waals surface area contributed by atoms with E-state index in [9.17, 15) is 19.0 Å². The van der Waals surface area contributed by atoms with Crippen molar-refractivity contribution < 1.29 is 37.6 Å². The number of nitrogens with two attached hydrogens (primary N) is 1. The molecule has 10 heteroatoms. The number of phosphoric ester groups is 1. The molecular formula is C83H156NO8P. The predicted molar refractivity (Wildman–Crippen MR) is 404 cm³/mol. The van der Waals surface area contributed by atoms with Crippen LogP contribution in [0.5, 0.6) is 0 Å². The Bertz CT molecular complexity index is 1710. The van der Waals surface area contributed by atoms with E-state index >= 15 is 0 Å². The van der Waals surface area contributed by atoms with E-state index in [4.69, 9.17) is 24.3 Å². The van der Waals surface area contributed by atoms with Crippen molar-refractivity contribution in [1.29, 1.82) is 0 Å². The third kappa shape index (κ3) is 78.6. The van der Waals surface area contributed by atoms with Gasteiger partial charge < -0.3 is 20.1 Å². The molecule has 0 aliphatic heterocycles. The maximum atomic E-state index is 12.8. The van der Waals surface area contributed by atoms with E-state index in [0.717, 1.165) is 64.2 Å². The summed E-state index contributed by atoms with van der Waals surface area (Å²) < 4.78 is 33.3. The summed E-state index contributed by atoms with van der Waals surface area (Å²) in [5.41, 5.74) is 5.42. The summed E-state index contributed by atoms with van der Waals surface area (Å²) in [5.74, 6) is -0.802. The zero-order chi connectivity index (χ0) is 67.2. The number of hydrogen-bond acceptors (Lipinski definition) is 8. The van der Waals surface area contributed by atoms with Crippen LogP contribution in [0.3, 0.4) is 0 Å². The van der Waals surface area contributed by atoms with Gasteiger partial charge in [-0.15, -0.1) is 0 Å². The average molecular weight is 1330 g/mol. The van der Waals surface area contributed by atoms with Gasteiger partial charge in [-0.25, -0.2) is 4.57 Å². The van der Waals surface area contributed by atoms with Gasteiger partial charge in [-0.2, -0.15) is 0 Å². The van der Waals surface area contributed by atoms with Crippen molar-refractivity contribution in [2.75, 3.05) is 26.4 Å². The first-order valence-corrected chi connectivity index (χ1v) is 42.3. The van der Waals surface area contributed by atoms with E-state index in [1.165, 1.54) is 327 Å². The number of hydrogen-bond donors (Lipinski definition) is 2. The first-order valence-electron chi connectivity index (χ1n) is 40.8. The molecule has 546 valence electrons. The molecule has 0 fully saturated rings. The molecule has 0 radical (unpaired) electrons. The second-order valence-corrected chi connectivity index (χ2v) is 29.1. The lowest BCUT2D eigenvalue weighted by Crippen LogP contribution is -2.29. The third-order valence-electron chi connectivity index (χ3n) is 18.4. The van der Waals surface area contributed by atoms with E-state index in [1.807, 2.05) is 0 Å². The number of unbranched alkanes of at least 4 members (excludes halogenated alkanes) is 55. The van der Waals surface area contributed by atoms with E-state index in [-0.39, 0.29) is 38.6 Å². The monoisotopic (exact) mass is 1330 g/mol. The first-order chi connectivity index (χ1) is 45.8. The van der Waals surface area contributed by atoms with Gasteiger partial charge in [-0.1, -0.05) is 415 Å². The fraction of sp³-hybridized carbons (Fsp3) is 0.855. The summed E-state index contributed by atoms with van der Waals surface area (Å²) in [6.07, 6.45) is 104. The van der Waals surface area contributed by atoms with Gasteiger partial charge in [0.25, 0.3) is 0 Å². The standard InChI is InChI=1S/C83H156NO8P/c1-3-5-7-9-11-13-15-17-19-21-23-25-27-29-31-33-35-37-39-40-42-44-46-48-50-52-54-56-58-60-62-64-66-68-70-72-74-76-83(86)92-81(80-91-93(87,88)90-78-77-84)79-89-82(85)75-73-71-69-67-65-63-61-59-57-55-53-51-49-47-45-43-41-38-36-34-32-30-28-26-24-22-20-18-16-14-12-10-8-6-4-2/h5,7,11,13,17,19,23,25,29,31,81H,3-4,6,8-10,12,14-16,18,20-22,24,26-28,30,32-80,84H2,1-2H3,(H,87,88)/b7-5-,13-11-,19-17-,25-23-,31-29-. The van der Waals surface area contributed by atoms with Crippen LogP contribution in [0, 0.1) is 0 Å². The minimum atomic E-state index is -4.40. The van der Waals surface area contributed by atoms with Crippen LogP contribution < -0.4 is 5.73 Å². The number of rotatable bonds is 78. The highest BCUT2D eigenvalue weighted by molar-refractivity contribution is 7.47. The van der Waals surface area contributed by atoms with Crippen LogP contribution in [0.4, 0.5) is 0 Å². The van der Waals surface area contributed by atoms with E-state index in [1.54, 1.807) is 0 Å². The molecule has 3 N–H and O–H groups in total. The van der Waals surface area contributed by atoms with Gasteiger partial charge in [-0.3, -0.25) is 18.6 Å². The summed E-state index contributed by atoms with van der Waals surface area (Å²) in [4.78, 5) is 35.5. The summed E-state index contributed by atoms with van der Waals surface area (Å²) in [6.45, 7) is 3.71.